The van der Waals surface area contributed by atoms with Gasteiger partial charge in [0.1, 0.15) is 0 Å². The minimum Gasteiger partial charge on any atom is -0.374 e. The second-order valence-corrected chi connectivity index (χ2v) is 6.34. The van der Waals surface area contributed by atoms with Crippen LogP contribution in [-0.2, 0) is 4.74 Å². The molecule has 0 aromatic carbocycles. The van der Waals surface area contributed by atoms with Gasteiger partial charge in [-0.1, -0.05) is 6.92 Å². The Morgan fingerprint density at radius 3 is 2.90 bits per heavy atom. The summed E-state index contributed by atoms with van der Waals surface area (Å²) in [7, 11) is 1.99. The second kappa shape index (κ2) is 7.02. The molecule has 2 rings (SSSR count). The molecule has 20 heavy (non-hydrogen) atoms. The van der Waals surface area contributed by atoms with Crippen LogP contribution in [0.4, 0.5) is 0 Å². The Morgan fingerprint density at radius 2 is 2.30 bits per heavy atom. The third-order valence-electron chi connectivity index (χ3n) is 3.88. The molecule has 0 amide bonds. The van der Waals surface area contributed by atoms with E-state index in [9.17, 15) is 0 Å². The fourth-order valence-electron chi connectivity index (χ4n) is 2.77. The summed E-state index contributed by atoms with van der Waals surface area (Å²) in [6.45, 7) is 10.3. The highest BCUT2D eigenvalue weighted by Crippen LogP contribution is 2.30. The summed E-state index contributed by atoms with van der Waals surface area (Å²) in [6, 6.07) is 0.474. The van der Waals surface area contributed by atoms with E-state index in [-0.39, 0.29) is 12.1 Å². The fourth-order valence-corrected chi connectivity index (χ4v) is 3.29. The van der Waals surface area contributed by atoms with Crippen molar-refractivity contribution in [1.82, 2.24) is 20.0 Å². The summed E-state index contributed by atoms with van der Waals surface area (Å²) in [6.07, 6.45) is 2.03. The van der Waals surface area contributed by atoms with Crippen LogP contribution >= 0.6 is 15.9 Å². The molecule has 0 saturated carbocycles. The standard InChI is InChI=1S/C14H25BrN4O/c1-5-18-6-7-20-12(9-18)13(16-4)14-11(15)8-17-19(14)10(2)3/h8,10,12-13,16H,5-7,9H2,1-4H3. The van der Waals surface area contributed by atoms with E-state index in [1.54, 1.807) is 0 Å². The SMILES string of the molecule is CCN1CCOC(C(NC)c2c(Br)cnn2C(C)C)C1. The number of rotatable bonds is 5. The molecule has 0 bridgehead atoms. The van der Waals surface area contributed by atoms with E-state index in [4.69, 9.17) is 4.74 Å². The average molecular weight is 345 g/mol. The number of hydrogen-bond acceptors (Lipinski definition) is 4. The van der Waals surface area contributed by atoms with Crippen LogP contribution in [0.1, 0.15) is 38.5 Å². The van der Waals surface area contributed by atoms with Crippen molar-refractivity contribution in [3.8, 4) is 0 Å². The smallest absolute Gasteiger partial charge is 0.0912 e. The van der Waals surface area contributed by atoms with Crippen molar-refractivity contribution in [1.29, 1.82) is 0 Å². The summed E-state index contributed by atoms with van der Waals surface area (Å²) in [4.78, 5) is 2.43. The third kappa shape index (κ3) is 3.24. The molecule has 0 radical (unpaired) electrons. The third-order valence-corrected chi connectivity index (χ3v) is 4.49. The van der Waals surface area contributed by atoms with Crippen LogP contribution in [0.5, 0.6) is 0 Å². The number of likely N-dealkylation sites (N-methyl/N-ethyl adjacent to an activating group) is 2. The molecule has 5 nitrogen and oxygen atoms in total. The van der Waals surface area contributed by atoms with Gasteiger partial charge in [0.25, 0.3) is 0 Å². The van der Waals surface area contributed by atoms with Crippen molar-refractivity contribution in [3.63, 3.8) is 0 Å². The van der Waals surface area contributed by atoms with Gasteiger partial charge in [-0.05, 0) is 43.4 Å². The van der Waals surface area contributed by atoms with Crippen molar-refractivity contribution < 1.29 is 4.74 Å². The number of aromatic nitrogens is 2. The Balaban J connectivity index is 2.25. The summed E-state index contributed by atoms with van der Waals surface area (Å²) in [5, 5.41) is 7.89. The molecule has 1 aliphatic rings. The first-order valence-electron chi connectivity index (χ1n) is 7.32. The number of halogens is 1. The molecule has 1 fully saturated rings. The first kappa shape index (κ1) is 15.9. The molecule has 1 aromatic rings. The molecule has 0 spiro atoms. The predicted molar refractivity (Wildman–Crippen MR) is 84.0 cm³/mol. The molecule has 2 atom stereocenters. The summed E-state index contributed by atoms with van der Waals surface area (Å²) < 4.78 is 9.12. The molecule has 114 valence electrons. The molecular weight excluding hydrogens is 320 g/mol. The van der Waals surface area contributed by atoms with E-state index >= 15 is 0 Å². The minimum absolute atomic E-state index is 0.142. The Morgan fingerprint density at radius 1 is 1.55 bits per heavy atom. The number of morpholine rings is 1. The van der Waals surface area contributed by atoms with Gasteiger partial charge in [0.2, 0.25) is 0 Å². The Hall–Kier alpha value is -0.430. The molecule has 1 saturated heterocycles. The van der Waals surface area contributed by atoms with E-state index in [2.05, 4.69) is 56.7 Å². The maximum Gasteiger partial charge on any atom is 0.0912 e. The zero-order valence-electron chi connectivity index (χ0n) is 12.8. The molecular formula is C14H25BrN4O. The number of hydrogen-bond donors (Lipinski definition) is 1. The van der Waals surface area contributed by atoms with Gasteiger partial charge in [-0.3, -0.25) is 9.58 Å². The van der Waals surface area contributed by atoms with E-state index in [1.165, 1.54) is 5.69 Å². The first-order valence-corrected chi connectivity index (χ1v) is 8.11. The predicted octanol–water partition coefficient (Wildman–Crippen LogP) is 2.21. The van der Waals surface area contributed by atoms with Crippen LogP contribution in [0.3, 0.4) is 0 Å². The van der Waals surface area contributed by atoms with Crippen molar-refractivity contribution in [2.45, 2.75) is 39.0 Å². The van der Waals surface area contributed by atoms with E-state index < -0.39 is 0 Å². The van der Waals surface area contributed by atoms with Crippen LogP contribution < -0.4 is 5.32 Å². The molecule has 0 aliphatic carbocycles. The highest BCUT2D eigenvalue weighted by Gasteiger charge is 2.32. The van der Waals surface area contributed by atoms with Gasteiger partial charge >= 0.3 is 0 Å². The Bertz CT molecular complexity index is 435. The normalized spacial score (nSPS) is 22.4. The van der Waals surface area contributed by atoms with Crippen LogP contribution in [0.15, 0.2) is 10.7 Å². The van der Waals surface area contributed by atoms with E-state index in [0.717, 1.165) is 30.7 Å². The van der Waals surface area contributed by atoms with Gasteiger partial charge < -0.3 is 10.1 Å². The quantitative estimate of drug-likeness (QED) is 0.889. The monoisotopic (exact) mass is 344 g/mol. The van der Waals surface area contributed by atoms with Crippen LogP contribution in [-0.4, -0.2) is 54.1 Å². The molecule has 1 aliphatic heterocycles. The van der Waals surface area contributed by atoms with E-state index in [0.29, 0.717) is 6.04 Å². The van der Waals surface area contributed by atoms with E-state index in [1.807, 2.05) is 13.2 Å². The zero-order valence-corrected chi connectivity index (χ0v) is 14.4. The molecule has 1 aromatic heterocycles. The van der Waals surface area contributed by atoms with Crippen molar-refractivity contribution in [3.05, 3.63) is 16.4 Å². The maximum atomic E-state index is 6.01. The maximum absolute atomic E-state index is 6.01. The first-order chi connectivity index (χ1) is 9.58. The fraction of sp³-hybridized carbons (Fsp3) is 0.786. The summed E-state index contributed by atoms with van der Waals surface area (Å²) >= 11 is 3.63. The van der Waals surface area contributed by atoms with Gasteiger partial charge in [-0.2, -0.15) is 5.10 Å². The lowest BCUT2D eigenvalue weighted by molar-refractivity contribution is -0.0460. The van der Waals surface area contributed by atoms with Gasteiger partial charge in [0, 0.05) is 19.1 Å². The van der Waals surface area contributed by atoms with Crippen molar-refractivity contribution in [2.24, 2.45) is 0 Å². The average Bonchev–Trinajstić information content (AvgIpc) is 2.82. The van der Waals surface area contributed by atoms with Crippen molar-refractivity contribution in [2.75, 3.05) is 33.3 Å². The van der Waals surface area contributed by atoms with Gasteiger partial charge in [-0.25, -0.2) is 0 Å². The number of nitrogens with one attached hydrogen (secondary N) is 1. The lowest BCUT2D eigenvalue weighted by atomic mass is 10.1. The number of nitrogens with zero attached hydrogens (tertiary/aromatic N) is 3. The largest absolute Gasteiger partial charge is 0.374 e. The number of ether oxygens (including phenoxy) is 1. The highest BCUT2D eigenvalue weighted by atomic mass is 79.9. The van der Waals surface area contributed by atoms with Gasteiger partial charge in [-0.15, -0.1) is 0 Å². The summed E-state index contributed by atoms with van der Waals surface area (Å²) in [5.41, 5.74) is 1.17. The topological polar surface area (TPSA) is 42.3 Å². The van der Waals surface area contributed by atoms with Gasteiger partial charge in [0.05, 0.1) is 35.1 Å². The van der Waals surface area contributed by atoms with Crippen molar-refractivity contribution >= 4 is 15.9 Å². The van der Waals surface area contributed by atoms with Gasteiger partial charge in [0.15, 0.2) is 0 Å². The Labute approximate surface area is 129 Å². The molecule has 1 N–H and O–H groups in total. The molecule has 2 heterocycles. The lowest BCUT2D eigenvalue weighted by Gasteiger charge is -2.37. The minimum atomic E-state index is 0.142. The van der Waals surface area contributed by atoms with Crippen LogP contribution in [0, 0.1) is 0 Å². The Kier molecular flexibility index (Phi) is 5.60. The highest BCUT2D eigenvalue weighted by molar-refractivity contribution is 9.10. The summed E-state index contributed by atoms with van der Waals surface area (Å²) in [5.74, 6) is 0. The van der Waals surface area contributed by atoms with Crippen LogP contribution in [0.2, 0.25) is 0 Å². The second-order valence-electron chi connectivity index (χ2n) is 5.48. The van der Waals surface area contributed by atoms with Crippen LogP contribution in [0.25, 0.3) is 0 Å². The zero-order chi connectivity index (χ0) is 14.7. The molecule has 2 unspecified atom stereocenters. The molecule has 6 heteroatoms. The lowest BCUT2D eigenvalue weighted by Crippen LogP contribution is -2.48.